The second-order valence-electron chi connectivity index (χ2n) is 8.51. The minimum atomic E-state index is -0.182. The second-order valence-corrected chi connectivity index (χ2v) is 8.51. The Kier molecular flexibility index (Phi) is 7.45. The molecule has 0 bridgehead atoms. The SMILES string of the molecule is O=c1ccccn1-c1cncc(-c2nc(/C=C3/CCCOCC3)nc(C3=CCCOCCC3)n2)n1. The summed E-state index contributed by atoms with van der Waals surface area (Å²) in [4.78, 5) is 35.7. The van der Waals surface area contributed by atoms with Crippen LogP contribution in [0.4, 0.5) is 0 Å². The van der Waals surface area contributed by atoms with E-state index in [1.54, 1.807) is 30.7 Å². The second kappa shape index (κ2) is 11.2. The van der Waals surface area contributed by atoms with Crippen LogP contribution in [0.5, 0.6) is 0 Å². The standard InChI is InChI=1S/C26H28N6O3/c33-24-9-1-2-11-32(24)23-18-27-17-21(28-23)26-30-22(16-19-6-3-12-35-15-10-19)29-25(31-26)20-7-4-13-34-14-5-8-20/h1-2,7,9,11,16-18H,3-6,8,10,12-15H2/b19-16-,20-7?. The van der Waals surface area contributed by atoms with E-state index in [1.165, 1.54) is 16.2 Å². The molecule has 5 heterocycles. The van der Waals surface area contributed by atoms with Crippen LogP contribution in [0.3, 0.4) is 0 Å². The van der Waals surface area contributed by atoms with Crippen molar-refractivity contribution in [1.29, 1.82) is 0 Å². The first-order chi connectivity index (χ1) is 17.3. The highest BCUT2D eigenvalue weighted by Gasteiger charge is 2.15. The number of hydrogen-bond acceptors (Lipinski definition) is 8. The Balaban J connectivity index is 1.58. The van der Waals surface area contributed by atoms with E-state index in [0.717, 1.165) is 57.3 Å². The van der Waals surface area contributed by atoms with Crippen molar-refractivity contribution in [3.63, 3.8) is 0 Å². The average molecular weight is 473 g/mol. The summed E-state index contributed by atoms with van der Waals surface area (Å²) in [6.07, 6.45) is 14.4. The maximum atomic E-state index is 12.3. The summed E-state index contributed by atoms with van der Waals surface area (Å²) in [5, 5.41) is 0. The molecule has 0 aromatic carbocycles. The van der Waals surface area contributed by atoms with Crippen molar-refractivity contribution in [1.82, 2.24) is 29.5 Å². The van der Waals surface area contributed by atoms with Gasteiger partial charge < -0.3 is 9.47 Å². The van der Waals surface area contributed by atoms with Crippen LogP contribution in [0, 0.1) is 0 Å². The highest BCUT2D eigenvalue weighted by molar-refractivity contribution is 5.63. The van der Waals surface area contributed by atoms with E-state index >= 15 is 0 Å². The Morgan fingerprint density at radius 2 is 1.71 bits per heavy atom. The first-order valence-electron chi connectivity index (χ1n) is 12.1. The van der Waals surface area contributed by atoms with Gasteiger partial charge in [-0.2, -0.15) is 0 Å². The molecule has 1 fully saturated rings. The summed E-state index contributed by atoms with van der Waals surface area (Å²) in [7, 11) is 0. The minimum absolute atomic E-state index is 0.182. The summed E-state index contributed by atoms with van der Waals surface area (Å²) in [5.41, 5.74) is 2.66. The van der Waals surface area contributed by atoms with Crippen molar-refractivity contribution in [2.45, 2.75) is 38.5 Å². The Hall–Kier alpha value is -3.56. The molecule has 5 rings (SSSR count). The third kappa shape index (κ3) is 5.93. The van der Waals surface area contributed by atoms with Crippen molar-refractivity contribution in [2.24, 2.45) is 0 Å². The van der Waals surface area contributed by atoms with E-state index < -0.39 is 0 Å². The topological polar surface area (TPSA) is 105 Å². The van der Waals surface area contributed by atoms with Gasteiger partial charge >= 0.3 is 0 Å². The highest BCUT2D eigenvalue weighted by atomic mass is 16.5. The first kappa shape index (κ1) is 23.2. The lowest BCUT2D eigenvalue weighted by atomic mass is 10.1. The van der Waals surface area contributed by atoms with Crippen LogP contribution in [-0.2, 0) is 9.47 Å². The molecule has 0 atom stereocenters. The normalized spacial score (nSPS) is 18.4. The number of hydrogen-bond donors (Lipinski definition) is 0. The van der Waals surface area contributed by atoms with Gasteiger partial charge in [-0.05, 0) is 56.2 Å². The first-order valence-corrected chi connectivity index (χ1v) is 12.1. The van der Waals surface area contributed by atoms with Gasteiger partial charge in [0.25, 0.3) is 5.56 Å². The molecule has 9 nitrogen and oxygen atoms in total. The van der Waals surface area contributed by atoms with Crippen molar-refractivity contribution in [3.8, 4) is 17.3 Å². The summed E-state index contributed by atoms with van der Waals surface area (Å²) >= 11 is 0. The van der Waals surface area contributed by atoms with E-state index in [9.17, 15) is 4.79 Å². The van der Waals surface area contributed by atoms with Gasteiger partial charge in [-0.1, -0.05) is 17.7 Å². The van der Waals surface area contributed by atoms with Gasteiger partial charge in [0, 0.05) is 25.5 Å². The van der Waals surface area contributed by atoms with Gasteiger partial charge in [-0.25, -0.2) is 19.9 Å². The largest absolute Gasteiger partial charge is 0.381 e. The lowest BCUT2D eigenvalue weighted by Gasteiger charge is -2.13. The third-order valence-corrected chi connectivity index (χ3v) is 5.94. The molecule has 9 heteroatoms. The van der Waals surface area contributed by atoms with Crippen LogP contribution >= 0.6 is 0 Å². The summed E-state index contributed by atoms with van der Waals surface area (Å²) in [5.74, 6) is 2.10. The van der Waals surface area contributed by atoms with Crippen molar-refractivity contribution >= 4 is 11.6 Å². The van der Waals surface area contributed by atoms with Gasteiger partial charge in [0.05, 0.1) is 25.6 Å². The Labute approximate surface area is 203 Å². The summed E-state index contributed by atoms with van der Waals surface area (Å²) < 4.78 is 12.6. The Bertz CT molecular complexity index is 1290. The van der Waals surface area contributed by atoms with E-state index in [-0.39, 0.29) is 5.56 Å². The third-order valence-electron chi connectivity index (χ3n) is 5.94. The van der Waals surface area contributed by atoms with Gasteiger partial charge in [0.15, 0.2) is 23.3 Å². The molecule has 0 aliphatic carbocycles. The van der Waals surface area contributed by atoms with Crippen LogP contribution in [0.1, 0.15) is 50.2 Å². The number of allylic oxidation sites excluding steroid dienone is 1. The average Bonchev–Trinajstić information content (AvgIpc) is 3.13. The molecule has 3 aromatic heterocycles. The smallest absolute Gasteiger partial charge is 0.256 e. The molecular formula is C26H28N6O3. The maximum absolute atomic E-state index is 12.3. The monoisotopic (exact) mass is 472 g/mol. The predicted octanol–water partition coefficient (Wildman–Crippen LogP) is 3.65. The zero-order chi connectivity index (χ0) is 23.9. The minimum Gasteiger partial charge on any atom is -0.381 e. The molecule has 0 unspecified atom stereocenters. The van der Waals surface area contributed by atoms with Crippen LogP contribution in [0.25, 0.3) is 29.0 Å². The molecule has 2 aliphatic rings. The molecule has 3 aromatic rings. The molecule has 0 saturated carbocycles. The lowest BCUT2D eigenvalue weighted by Crippen LogP contribution is -2.17. The van der Waals surface area contributed by atoms with E-state index in [2.05, 4.69) is 22.1 Å². The van der Waals surface area contributed by atoms with E-state index in [0.29, 0.717) is 42.2 Å². The highest BCUT2D eigenvalue weighted by Crippen LogP contribution is 2.24. The number of ether oxygens (including phenoxy) is 2. The van der Waals surface area contributed by atoms with E-state index in [4.69, 9.17) is 24.4 Å². The molecule has 2 aliphatic heterocycles. The van der Waals surface area contributed by atoms with Crippen molar-refractivity contribution < 1.29 is 9.47 Å². The quantitative estimate of drug-likeness (QED) is 0.567. The van der Waals surface area contributed by atoms with Gasteiger partial charge in [0.1, 0.15) is 5.69 Å². The van der Waals surface area contributed by atoms with Crippen LogP contribution < -0.4 is 5.56 Å². The van der Waals surface area contributed by atoms with Crippen LogP contribution in [0.15, 0.2) is 53.2 Å². The van der Waals surface area contributed by atoms with Gasteiger partial charge in [0.2, 0.25) is 0 Å². The summed E-state index contributed by atoms with van der Waals surface area (Å²) in [6.45, 7) is 2.91. The molecular weight excluding hydrogens is 444 g/mol. The fraction of sp³-hybridized carbons (Fsp3) is 0.385. The number of rotatable bonds is 4. The molecule has 0 spiro atoms. The predicted molar refractivity (Wildman–Crippen MR) is 132 cm³/mol. The molecule has 0 amide bonds. The Morgan fingerprint density at radius 1 is 0.857 bits per heavy atom. The molecule has 180 valence electrons. The van der Waals surface area contributed by atoms with E-state index in [1.807, 2.05) is 0 Å². The van der Waals surface area contributed by atoms with Crippen LogP contribution in [-0.4, -0.2) is 55.9 Å². The molecule has 35 heavy (non-hydrogen) atoms. The molecule has 1 saturated heterocycles. The zero-order valence-corrected chi connectivity index (χ0v) is 19.6. The van der Waals surface area contributed by atoms with Crippen molar-refractivity contribution in [2.75, 3.05) is 26.4 Å². The van der Waals surface area contributed by atoms with Gasteiger partial charge in [-0.15, -0.1) is 0 Å². The summed E-state index contributed by atoms with van der Waals surface area (Å²) in [6, 6.07) is 4.96. The van der Waals surface area contributed by atoms with Crippen LogP contribution in [0.2, 0.25) is 0 Å². The lowest BCUT2D eigenvalue weighted by molar-refractivity contribution is 0.135. The number of aromatic nitrogens is 6. The van der Waals surface area contributed by atoms with Crippen molar-refractivity contribution in [3.05, 3.63) is 70.4 Å². The number of nitrogens with zero attached hydrogens (tertiary/aromatic N) is 6. The number of pyridine rings is 1. The fourth-order valence-corrected chi connectivity index (χ4v) is 4.16. The zero-order valence-electron chi connectivity index (χ0n) is 19.6. The maximum Gasteiger partial charge on any atom is 0.256 e. The van der Waals surface area contributed by atoms with Gasteiger partial charge in [-0.3, -0.25) is 14.3 Å². The fourth-order valence-electron chi connectivity index (χ4n) is 4.16. The molecule has 0 N–H and O–H groups in total. The Morgan fingerprint density at radius 3 is 2.63 bits per heavy atom. The molecule has 0 radical (unpaired) electrons.